The molecule has 0 unspecified atom stereocenters. The van der Waals surface area contributed by atoms with Gasteiger partial charge in [-0.3, -0.25) is 14.5 Å². The Morgan fingerprint density at radius 2 is 1.96 bits per heavy atom. The van der Waals surface area contributed by atoms with Gasteiger partial charge in [-0.05, 0) is 37.0 Å². The maximum Gasteiger partial charge on any atom is 0.325 e. The van der Waals surface area contributed by atoms with Gasteiger partial charge in [0.2, 0.25) is 5.91 Å². The number of hydrogen-bond acceptors (Lipinski definition) is 3. The molecule has 8 heteroatoms. The molecule has 0 spiro atoms. The van der Waals surface area contributed by atoms with Crippen molar-refractivity contribution in [1.82, 2.24) is 15.5 Å². The smallest absolute Gasteiger partial charge is 0.325 e. The molecular formula is C17H21F2N3O3. The van der Waals surface area contributed by atoms with Gasteiger partial charge >= 0.3 is 6.03 Å². The van der Waals surface area contributed by atoms with Crippen molar-refractivity contribution in [3.05, 3.63) is 35.4 Å². The summed E-state index contributed by atoms with van der Waals surface area (Å²) in [5, 5.41) is 5.08. The Morgan fingerprint density at radius 3 is 2.56 bits per heavy atom. The summed E-state index contributed by atoms with van der Waals surface area (Å²) in [7, 11) is 0. The van der Waals surface area contributed by atoms with Crippen LogP contribution in [0.15, 0.2) is 18.2 Å². The van der Waals surface area contributed by atoms with Crippen molar-refractivity contribution in [3.63, 3.8) is 0 Å². The van der Waals surface area contributed by atoms with Crippen molar-refractivity contribution in [2.75, 3.05) is 13.1 Å². The summed E-state index contributed by atoms with van der Waals surface area (Å²) in [6.45, 7) is 5.42. The Bertz CT molecular complexity index is 708. The average molecular weight is 353 g/mol. The fraction of sp³-hybridized carbons (Fsp3) is 0.471. The van der Waals surface area contributed by atoms with Crippen LogP contribution in [0, 0.1) is 17.6 Å². The van der Waals surface area contributed by atoms with Gasteiger partial charge in [-0.25, -0.2) is 13.6 Å². The lowest BCUT2D eigenvalue weighted by Crippen LogP contribution is -2.43. The molecule has 136 valence electrons. The van der Waals surface area contributed by atoms with Gasteiger partial charge in [0, 0.05) is 6.54 Å². The number of nitrogens with zero attached hydrogens (tertiary/aromatic N) is 1. The van der Waals surface area contributed by atoms with Crippen molar-refractivity contribution < 1.29 is 23.2 Å². The van der Waals surface area contributed by atoms with Crippen LogP contribution < -0.4 is 10.6 Å². The first kappa shape index (κ1) is 18.8. The first-order valence-electron chi connectivity index (χ1n) is 8.01. The van der Waals surface area contributed by atoms with E-state index < -0.39 is 41.6 Å². The molecule has 1 aliphatic heterocycles. The molecule has 25 heavy (non-hydrogen) atoms. The highest BCUT2D eigenvalue weighted by Gasteiger charge is 2.49. The zero-order chi connectivity index (χ0) is 18.8. The lowest BCUT2D eigenvalue weighted by atomic mass is 9.92. The van der Waals surface area contributed by atoms with E-state index in [0.29, 0.717) is 12.5 Å². The second-order valence-electron chi connectivity index (χ2n) is 6.61. The van der Waals surface area contributed by atoms with Gasteiger partial charge in [0.05, 0.1) is 0 Å². The number of nitrogens with one attached hydrogen (secondary N) is 2. The molecule has 1 aromatic carbocycles. The van der Waals surface area contributed by atoms with Crippen LogP contribution in [-0.2, 0) is 15.1 Å². The Balaban J connectivity index is 2.10. The van der Waals surface area contributed by atoms with Gasteiger partial charge in [0.15, 0.2) is 11.6 Å². The summed E-state index contributed by atoms with van der Waals surface area (Å²) in [6.07, 6.45) is 0.776. The largest absolute Gasteiger partial charge is 0.355 e. The van der Waals surface area contributed by atoms with Gasteiger partial charge in [-0.2, -0.15) is 0 Å². The van der Waals surface area contributed by atoms with E-state index in [-0.39, 0.29) is 5.56 Å². The normalized spacial score (nSPS) is 20.2. The monoisotopic (exact) mass is 353 g/mol. The Hall–Kier alpha value is -2.51. The van der Waals surface area contributed by atoms with Crippen molar-refractivity contribution in [2.24, 2.45) is 5.92 Å². The Kier molecular flexibility index (Phi) is 5.39. The molecule has 2 rings (SSSR count). The molecule has 6 nitrogen and oxygen atoms in total. The number of benzene rings is 1. The summed E-state index contributed by atoms with van der Waals surface area (Å²) < 4.78 is 26.6. The molecule has 1 atom stereocenters. The van der Waals surface area contributed by atoms with Crippen molar-refractivity contribution in [3.8, 4) is 0 Å². The summed E-state index contributed by atoms with van der Waals surface area (Å²) in [6, 6.07) is 2.22. The molecule has 2 N–H and O–H groups in total. The molecule has 0 radical (unpaired) electrons. The zero-order valence-corrected chi connectivity index (χ0v) is 14.4. The molecule has 0 saturated carbocycles. The molecular weight excluding hydrogens is 332 g/mol. The van der Waals surface area contributed by atoms with Crippen LogP contribution in [0.25, 0.3) is 0 Å². The minimum Gasteiger partial charge on any atom is -0.355 e. The minimum atomic E-state index is -1.55. The molecule has 0 aliphatic carbocycles. The molecule has 1 fully saturated rings. The maximum atomic E-state index is 13.5. The van der Waals surface area contributed by atoms with E-state index in [1.807, 2.05) is 13.8 Å². The third kappa shape index (κ3) is 3.94. The number of carbonyl (C=O) groups excluding carboxylic acids is 3. The maximum absolute atomic E-state index is 13.5. The molecule has 1 heterocycles. The van der Waals surface area contributed by atoms with Gasteiger partial charge in [0.25, 0.3) is 5.91 Å². The van der Waals surface area contributed by atoms with E-state index in [4.69, 9.17) is 0 Å². The average Bonchev–Trinajstić information content (AvgIpc) is 2.74. The molecule has 4 amide bonds. The summed E-state index contributed by atoms with van der Waals surface area (Å²) in [4.78, 5) is 37.4. The third-order valence-electron chi connectivity index (χ3n) is 4.12. The van der Waals surface area contributed by atoms with Crippen molar-refractivity contribution in [1.29, 1.82) is 0 Å². The van der Waals surface area contributed by atoms with Gasteiger partial charge in [-0.1, -0.05) is 19.9 Å². The SMILES string of the molecule is CC(C)CCNC(=O)CN1C(=O)N[C@@](C)(c2ccc(F)c(F)c2)C1=O. The number of rotatable bonds is 6. The molecule has 1 aliphatic rings. The Labute approximate surface area is 144 Å². The van der Waals surface area contributed by atoms with Crippen LogP contribution in [0.4, 0.5) is 13.6 Å². The van der Waals surface area contributed by atoms with Crippen LogP contribution in [0.3, 0.4) is 0 Å². The van der Waals surface area contributed by atoms with E-state index >= 15 is 0 Å². The molecule has 0 bridgehead atoms. The second kappa shape index (κ2) is 7.16. The number of imide groups is 1. The van der Waals surface area contributed by atoms with E-state index in [1.165, 1.54) is 13.0 Å². The summed E-state index contributed by atoms with van der Waals surface area (Å²) in [5.74, 6) is -2.91. The van der Waals surface area contributed by atoms with Crippen LogP contribution in [0.5, 0.6) is 0 Å². The fourth-order valence-corrected chi connectivity index (χ4v) is 2.54. The summed E-state index contributed by atoms with van der Waals surface area (Å²) in [5.41, 5.74) is -1.45. The quantitative estimate of drug-likeness (QED) is 0.767. The van der Waals surface area contributed by atoms with E-state index in [1.54, 1.807) is 0 Å². The zero-order valence-electron chi connectivity index (χ0n) is 14.4. The van der Waals surface area contributed by atoms with Gasteiger partial charge in [0.1, 0.15) is 12.1 Å². The first-order chi connectivity index (χ1) is 11.6. The standard InChI is InChI=1S/C17H21F2N3O3/c1-10(2)6-7-20-14(23)9-22-15(24)17(3,21-16(22)25)11-4-5-12(18)13(19)8-11/h4-5,8,10H,6-7,9H2,1-3H3,(H,20,23)(H,21,25)/t17-/m0/s1. The number of urea groups is 1. The lowest BCUT2D eigenvalue weighted by Gasteiger charge is -2.22. The van der Waals surface area contributed by atoms with Crippen LogP contribution in [0.2, 0.25) is 0 Å². The van der Waals surface area contributed by atoms with Crippen LogP contribution in [0.1, 0.15) is 32.8 Å². The van der Waals surface area contributed by atoms with Gasteiger partial charge < -0.3 is 10.6 Å². The van der Waals surface area contributed by atoms with Crippen molar-refractivity contribution in [2.45, 2.75) is 32.7 Å². The Morgan fingerprint density at radius 1 is 1.28 bits per heavy atom. The summed E-state index contributed by atoms with van der Waals surface area (Å²) >= 11 is 0. The van der Waals surface area contributed by atoms with Crippen LogP contribution in [-0.4, -0.2) is 35.8 Å². The van der Waals surface area contributed by atoms with E-state index in [2.05, 4.69) is 10.6 Å². The highest BCUT2D eigenvalue weighted by molar-refractivity contribution is 6.09. The number of halogens is 2. The lowest BCUT2D eigenvalue weighted by molar-refractivity contribution is -0.134. The molecule has 0 aromatic heterocycles. The predicted octanol–water partition coefficient (Wildman–Crippen LogP) is 1.89. The highest BCUT2D eigenvalue weighted by Crippen LogP contribution is 2.29. The number of amides is 4. The van der Waals surface area contributed by atoms with Crippen LogP contribution >= 0.6 is 0 Å². The van der Waals surface area contributed by atoms with Gasteiger partial charge in [-0.15, -0.1) is 0 Å². The minimum absolute atomic E-state index is 0.104. The first-order valence-corrected chi connectivity index (χ1v) is 8.01. The third-order valence-corrected chi connectivity index (χ3v) is 4.12. The topological polar surface area (TPSA) is 78.5 Å². The van der Waals surface area contributed by atoms with E-state index in [0.717, 1.165) is 23.5 Å². The second-order valence-corrected chi connectivity index (χ2v) is 6.61. The van der Waals surface area contributed by atoms with E-state index in [9.17, 15) is 23.2 Å². The molecule has 1 aromatic rings. The number of carbonyl (C=O) groups is 3. The highest BCUT2D eigenvalue weighted by atomic mass is 19.2. The number of hydrogen-bond donors (Lipinski definition) is 2. The molecule has 1 saturated heterocycles. The fourth-order valence-electron chi connectivity index (χ4n) is 2.54. The van der Waals surface area contributed by atoms with Crippen molar-refractivity contribution >= 4 is 17.8 Å². The predicted molar refractivity (Wildman–Crippen MR) is 86.4 cm³/mol.